The molecule has 2 rings (SSSR count). The van der Waals surface area contributed by atoms with E-state index in [9.17, 15) is 18.0 Å². The Hall–Kier alpha value is -2.72. The number of ether oxygens (including phenoxy) is 1. The Bertz CT molecular complexity index is 936. The average molecular weight is 380 g/mol. The molecule has 26 heavy (non-hydrogen) atoms. The summed E-state index contributed by atoms with van der Waals surface area (Å²) in [5.74, 6) is -1.13. The van der Waals surface area contributed by atoms with Crippen LogP contribution in [-0.2, 0) is 26.4 Å². The molecule has 0 saturated heterocycles. The van der Waals surface area contributed by atoms with Crippen molar-refractivity contribution in [3.63, 3.8) is 0 Å². The van der Waals surface area contributed by atoms with Crippen molar-refractivity contribution in [2.24, 2.45) is 7.05 Å². The first kappa shape index (κ1) is 19.6. The van der Waals surface area contributed by atoms with E-state index in [2.05, 4.69) is 20.5 Å². The van der Waals surface area contributed by atoms with E-state index in [1.165, 1.54) is 25.3 Å². The summed E-state index contributed by atoms with van der Waals surface area (Å²) in [5.41, 5.74) is 0.829. The Balaban J connectivity index is 2.38. The van der Waals surface area contributed by atoms with Gasteiger partial charge in [0.2, 0.25) is 5.91 Å². The van der Waals surface area contributed by atoms with Crippen molar-refractivity contribution < 1.29 is 22.7 Å². The van der Waals surface area contributed by atoms with E-state index in [1.807, 2.05) is 0 Å². The maximum absolute atomic E-state index is 12.6. The Morgan fingerprint density at radius 1 is 1.27 bits per heavy atom. The van der Waals surface area contributed by atoms with Crippen LogP contribution >= 0.6 is 0 Å². The lowest BCUT2D eigenvalue weighted by atomic mass is 10.1. The Labute approximate surface area is 151 Å². The molecule has 0 aliphatic carbocycles. The van der Waals surface area contributed by atoms with Crippen molar-refractivity contribution in [3.05, 3.63) is 41.7 Å². The molecule has 0 aliphatic rings. The SMILES string of the molecule is CNC(C(=O)Nc1cc(C(=O)OC)cc(S(C)(=O)=O)c1)c1cnn(C)c1. The number of carbonyl (C=O) groups is 2. The molecule has 2 aromatic rings. The molecular formula is C16H20N4O5S. The lowest BCUT2D eigenvalue weighted by Gasteiger charge is -2.15. The van der Waals surface area contributed by atoms with E-state index >= 15 is 0 Å². The van der Waals surface area contributed by atoms with E-state index < -0.39 is 27.8 Å². The first-order valence-corrected chi connectivity index (χ1v) is 9.45. The van der Waals surface area contributed by atoms with Crippen LogP contribution in [0.1, 0.15) is 22.0 Å². The fourth-order valence-electron chi connectivity index (χ4n) is 2.37. The van der Waals surface area contributed by atoms with Gasteiger partial charge in [-0.3, -0.25) is 9.48 Å². The summed E-state index contributed by atoms with van der Waals surface area (Å²) >= 11 is 0. The molecule has 1 heterocycles. The number of nitrogens with one attached hydrogen (secondary N) is 2. The molecule has 1 aromatic carbocycles. The number of nitrogens with zero attached hydrogens (tertiary/aromatic N) is 2. The minimum Gasteiger partial charge on any atom is -0.465 e. The van der Waals surface area contributed by atoms with Gasteiger partial charge in [0.1, 0.15) is 6.04 Å². The number of amides is 1. The average Bonchev–Trinajstić information content (AvgIpc) is 2.99. The van der Waals surface area contributed by atoms with Gasteiger partial charge in [-0.05, 0) is 25.2 Å². The Kier molecular flexibility index (Phi) is 5.78. The molecule has 1 atom stereocenters. The van der Waals surface area contributed by atoms with Gasteiger partial charge in [-0.1, -0.05) is 0 Å². The van der Waals surface area contributed by atoms with Gasteiger partial charge in [-0.15, -0.1) is 0 Å². The number of hydrogen-bond donors (Lipinski definition) is 2. The Morgan fingerprint density at radius 2 is 1.96 bits per heavy atom. The molecule has 1 unspecified atom stereocenters. The maximum Gasteiger partial charge on any atom is 0.337 e. The first-order valence-electron chi connectivity index (χ1n) is 7.56. The second kappa shape index (κ2) is 7.67. The van der Waals surface area contributed by atoms with Crippen LogP contribution in [0, 0.1) is 0 Å². The van der Waals surface area contributed by atoms with Crippen molar-refractivity contribution in [2.75, 3.05) is 25.7 Å². The number of likely N-dealkylation sites (N-methyl/N-ethyl adjacent to an activating group) is 1. The van der Waals surface area contributed by atoms with Crippen LogP contribution in [0.4, 0.5) is 5.69 Å². The lowest BCUT2D eigenvalue weighted by molar-refractivity contribution is -0.118. The summed E-state index contributed by atoms with van der Waals surface area (Å²) in [6, 6.07) is 3.14. The summed E-state index contributed by atoms with van der Waals surface area (Å²) in [7, 11) is 0.943. The molecule has 0 spiro atoms. The van der Waals surface area contributed by atoms with Gasteiger partial charge < -0.3 is 15.4 Å². The number of methoxy groups -OCH3 is 1. The second-order valence-electron chi connectivity index (χ2n) is 5.67. The fourth-order valence-corrected chi connectivity index (χ4v) is 3.06. The molecule has 0 saturated carbocycles. The monoisotopic (exact) mass is 380 g/mol. The molecule has 0 aliphatic heterocycles. The third kappa shape index (κ3) is 4.46. The van der Waals surface area contributed by atoms with Crippen molar-refractivity contribution in [1.82, 2.24) is 15.1 Å². The largest absolute Gasteiger partial charge is 0.465 e. The molecule has 140 valence electrons. The highest BCUT2D eigenvalue weighted by Gasteiger charge is 2.22. The van der Waals surface area contributed by atoms with Gasteiger partial charge in [0, 0.05) is 30.8 Å². The normalized spacial score (nSPS) is 12.5. The van der Waals surface area contributed by atoms with E-state index in [-0.39, 0.29) is 16.1 Å². The third-order valence-electron chi connectivity index (χ3n) is 3.63. The molecule has 9 nitrogen and oxygen atoms in total. The first-order chi connectivity index (χ1) is 12.2. The van der Waals surface area contributed by atoms with Crippen LogP contribution in [0.25, 0.3) is 0 Å². The van der Waals surface area contributed by atoms with Crippen LogP contribution in [0.15, 0.2) is 35.5 Å². The summed E-state index contributed by atoms with van der Waals surface area (Å²) in [4.78, 5) is 24.3. The molecule has 1 amide bonds. The smallest absolute Gasteiger partial charge is 0.337 e. The van der Waals surface area contributed by atoms with E-state index in [4.69, 9.17) is 0 Å². The minimum absolute atomic E-state index is 0.0214. The second-order valence-corrected chi connectivity index (χ2v) is 7.68. The van der Waals surface area contributed by atoms with Crippen molar-refractivity contribution in [1.29, 1.82) is 0 Å². The van der Waals surface area contributed by atoms with Gasteiger partial charge in [-0.2, -0.15) is 5.10 Å². The summed E-state index contributed by atoms with van der Waals surface area (Å²) < 4.78 is 29.9. The number of aryl methyl sites for hydroxylation is 1. The number of sulfone groups is 1. The molecular weight excluding hydrogens is 360 g/mol. The van der Waals surface area contributed by atoms with Crippen molar-refractivity contribution in [3.8, 4) is 0 Å². The number of esters is 1. The maximum atomic E-state index is 12.6. The molecule has 2 N–H and O–H groups in total. The predicted octanol–water partition coefficient (Wildman–Crippen LogP) is 0.509. The minimum atomic E-state index is -3.59. The summed E-state index contributed by atoms with van der Waals surface area (Å²) in [6.45, 7) is 0. The van der Waals surface area contributed by atoms with E-state index in [0.717, 1.165) is 6.26 Å². The molecule has 10 heteroatoms. The van der Waals surface area contributed by atoms with E-state index in [0.29, 0.717) is 5.56 Å². The predicted molar refractivity (Wildman–Crippen MR) is 94.5 cm³/mol. The van der Waals surface area contributed by atoms with Gasteiger partial charge in [0.25, 0.3) is 0 Å². The summed E-state index contributed by atoms with van der Waals surface area (Å²) in [5, 5.41) is 9.52. The van der Waals surface area contributed by atoms with Gasteiger partial charge in [0.05, 0.1) is 23.8 Å². The van der Waals surface area contributed by atoms with Crippen LogP contribution in [-0.4, -0.2) is 50.5 Å². The zero-order valence-corrected chi connectivity index (χ0v) is 15.6. The van der Waals surface area contributed by atoms with Crippen molar-refractivity contribution in [2.45, 2.75) is 10.9 Å². The number of rotatable bonds is 6. The number of benzene rings is 1. The quantitative estimate of drug-likeness (QED) is 0.701. The fraction of sp³-hybridized carbons (Fsp3) is 0.312. The topological polar surface area (TPSA) is 119 Å². The molecule has 0 fully saturated rings. The summed E-state index contributed by atoms with van der Waals surface area (Å²) in [6.07, 6.45) is 4.25. The number of anilines is 1. The van der Waals surface area contributed by atoms with Gasteiger partial charge in [-0.25, -0.2) is 13.2 Å². The van der Waals surface area contributed by atoms with Gasteiger partial charge >= 0.3 is 5.97 Å². The van der Waals surface area contributed by atoms with Gasteiger partial charge in [0.15, 0.2) is 9.84 Å². The molecule has 1 aromatic heterocycles. The zero-order valence-electron chi connectivity index (χ0n) is 14.8. The Morgan fingerprint density at radius 3 is 2.46 bits per heavy atom. The van der Waals surface area contributed by atoms with Crippen molar-refractivity contribution >= 4 is 27.4 Å². The molecule has 0 radical (unpaired) electrons. The number of aromatic nitrogens is 2. The highest BCUT2D eigenvalue weighted by molar-refractivity contribution is 7.90. The molecule has 0 bridgehead atoms. The van der Waals surface area contributed by atoms with Crippen LogP contribution in [0.2, 0.25) is 0 Å². The van der Waals surface area contributed by atoms with Crippen LogP contribution in [0.5, 0.6) is 0 Å². The zero-order chi connectivity index (χ0) is 19.5. The van der Waals surface area contributed by atoms with Crippen LogP contribution in [0.3, 0.4) is 0 Å². The number of hydrogen-bond acceptors (Lipinski definition) is 7. The standard InChI is InChI=1S/C16H20N4O5S/c1-17-14(11-8-18-20(2)9-11)15(21)19-12-5-10(16(22)25-3)6-13(7-12)26(4,23)24/h5-9,14,17H,1-4H3,(H,19,21). The number of carbonyl (C=O) groups excluding carboxylic acids is 2. The van der Waals surface area contributed by atoms with Crippen LogP contribution < -0.4 is 10.6 Å². The van der Waals surface area contributed by atoms with E-state index in [1.54, 1.807) is 31.2 Å². The highest BCUT2D eigenvalue weighted by atomic mass is 32.2. The highest BCUT2D eigenvalue weighted by Crippen LogP contribution is 2.22. The third-order valence-corrected chi connectivity index (χ3v) is 4.72. The lowest BCUT2D eigenvalue weighted by Crippen LogP contribution is -2.30.